The van der Waals surface area contributed by atoms with E-state index in [0.29, 0.717) is 23.3 Å². The Morgan fingerprint density at radius 2 is 1.83 bits per heavy atom. The highest BCUT2D eigenvalue weighted by Crippen LogP contribution is 2.12. The first-order chi connectivity index (χ1) is 8.70. The van der Waals surface area contributed by atoms with Gasteiger partial charge in [0.1, 0.15) is 5.69 Å². The van der Waals surface area contributed by atoms with Gasteiger partial charge < -0.3 is 0 Å². The maximum atomic E-state index is 12.2. The first kappa shape index (κ1) is 10.8. The fourth-order valence-electron chi connectivity index (χ4n) is 2.01. The number of hydrogen-bond acceptors (Lipinski definition) is 4. The second kappa shape index (κ2) is 3.87. The Labute approximate surface area is 103 Å². The molecule has 0 aliphatic carbocycles. The van der Waals surface area contributed by atoms with Crippen molar-refractivity contribution in [2.75, 3.05) is 0 Å². The third-order valence-corrected chi connectivity index (χ3v) is 2.94. The molecule has 0 amide bonds. The molecule has 90 valence electrons. The van der Waals surface area contributed by atoms with Crippen LogP contribution in [0.15, 0.2) is 29.1 Å². The van der Waals surface area contributed by atoms with Gasteiger partial charge in [-0.25, -0.2) is 14.6 Å². The Morgan fingerprint density at radius 1 is 1.17 bits per heavy atom. The number of aryl methyl sites for hydroxylation is 2. The van der Waals surface area contributed by atoms with Crippen LogP contribution < -0.4 is 5.43 Å². The molecule has 0 atom stereocenters. The number of rotatable bonds is 1. The zero-order chi connectivity index (χ0) is 12.7. The molecular formula is C13H12N4O. The van der Waals surface area contributed by atoms with Crippen molar-refractivity contribution in [1.29, 1.82) is 0 Å². The SMILES string of the molecule is CCc1nn(C)c2nc3ccccc3nc2c1=O. The van der Waals surface area contributed by atoms with Crippen LogP contribution in [0.2, 0.25) is 0 Å². The molecular weight excluding hydrogens is 228 g/mol. The van der Waals surface area contributed by atoms with Crippen molar-refractivity contribution >= 4 is 22.2 Å². The topological polar surface area (TPSA) is 60.7 Å². The van der Waals surface area contributed by atoms with Gasteiger partial charge >= 0.3 is 0 Å². The highest BCUT2D eigenvalue weighted by molar-refractivity contribution is 5.84. The van der Waals surface area contributed by atoms with E-state index in [1.54, 1.807) is 11.7 Å². The van der Waals surface area contributed by atoms with Crippen molar-refractivity contribution in [2.45, 2.75) is 13.3 Å². The molecule has 1 aromatic carbocycles. The van der Waals surface area contributed by atoms with Gasteiger partial charge in [0.25, 0.3) is 0 Å². The average Bonchev–Trinajstić information content (AvgIpc) is 2.41. The molecule has 5 heteroatoms. The monoisotopic (exact) mass is 240 g/mol. The van der Waals surface area contributed by atoms with E-state index in [9.17, 15) is 4.79 Å². The van der Waals surface area contributed by atoms with Crippen LogP contribution in [-0.4, -0.2) is 19.7 Å². The largest absolute Gasteiger partial charge is 0.285 e. The lowest BCUT2D eigenvalue weighted by Gasteiger charge is -2.06. The summed E-state index contributed by atoms with van der Waals surface area (Å²) in [7, 11) is 1.78. The van der Waals surface area contributed by atoms with Gasteiger partial charge in [-0.3, -0.25) is 4.79 Å². The number of para-hydroxylation sites is 2. The summed E-state index contributed by atoms with van der Waals surface area (Å²) in [6, 6.07) is 7.51. The summed E-state index contributed by atoms with van der Waals surface area (Å²) in [5, 5.41) is 4.23. The van der Waals surface area contributed by atoms with E-state index in [2.05, 4.69) is 15.1 Å². The van der Waals surface area contributed by atoms with Crippen molar-refractivity contribution in [1.82, 2.24) is 19.7 Å². The molecule has 0 saturated carbocycles. The Hall–Kier alpha value is -2.30. The molecule has 3 aromatic rings. The third-order valence-electron chi connectivity index (χ3n) is 2.94. The molecule has 0 aliphatic rings. The highest BCUT2D eigenvalue weighted by Gasteiger charge is 2.11. The smallest absolute Gasteiger partial charge is 0.231 e. The fraction of sp³-hybridized carbons (Fsp3) is 0.231. The minimum atomic E-state index is -0.121. The van der Waals surface area contributed by atoms with Crippen LogP contribution >= 0.6 is 0 Å². The molecule has 0 aliphatic heterocycles. The summed E-state index contributed by atoms with van der Waals surface area (Å²) < 4.78 is 1.62. The van der Waals surface area contributed by atoms with E-state index >= 15 is 0 Å². The van der Waals surface area contributed by atoms with Crippen LogP contribution in [0, 0.1) is 0 Å². The van der Waals surface area contributed by atoms with Crippen LogP contribution in [0.3, 0.4) is 0 Å². The fourth-order valence-corrected chi connectivity index (χ4v) is 2.01. The van der Waals surface area contributed by atoms with Crippen molar-refractivity contribution in [3.05, 3.63) is 40.2 Å². The first-order valence-electron chi connectivity index (χ1n) is 5.83. The maximum Gasteiger partial charge on any atom is 0.231 e. The van der Waals surface area contributed by atoms with Crippen LogP contribution in [0.4, 0.5) is 0 Å². The summed E-state index contributed by atoms with van der Waals surface area (Å²) in [6.07, 6.45) is 0.594. The van der Waals surface area contributed by atoms with E-state index in [1.807, 2.05) is 31.2 Å². The van der Waals surface area contributed by atoms with Crippen LogP contribution in [0.5, 0.6) is 0 Å². The second-order valence-corrected chi connectivity index (χ2v) is 4.14. The Balaban J connectivity index is 2.54. The molecule has 18 heavy (non-hydrogen) atoms. The molecule has 2 aromatic heterocycles. The summed E-state index contributed by atoms with van der Waals surface area (Å²) in [4.78, 5) is 21.0. The Kier molecular flexibility index (Phi) is 2.33. The quantitative estimate of drug-likeness (QED) is 0.604. The molecule has 5 nitrogen and oxygen atoms in total. The van der Waals surface area contributed by atoms with Crippen LogP contribution in [-0.2, 0) is 13.5 Å². The summed E-state index contributed by atoms with van der Waals surface area (Å²) in [6.45, 7) is 1.91. The van der Waals surface area contributed by atoms with Crippen molar-refractivity contribution in [3.63, 3.8) is 0 Å². The number of benzene rings is 1. The van der Waals surface area contributed by atoms with Gasteiger partial charge in [-0.2, -0.15) is 5.10 Å². The van der Waals surface area contributed by atoms with Crippen LogP contribution in [0.25, 0.3) is 22.2 Å². The standard InChI is InChI=1S/C13H12N4O/c1-3-8-12(18)11-13(17(2)16-8)15-10-7-5-4-6-9(10)14-11/h4-7H,3H2,1-2H3. The number of aromatic nitrogens is 4. The molecule has 0 unspecified atom stereocenters. The summed E-state index contributed by atoms with van der Waals surface area (Å²) in [5.74, 6) is 0. The zero-order valence-corrected chi connectivity index (χ0v) is 10.2. The molecule has 0 saturated heterocycles. The van der Waals surface area contributed by atoms with Crippen molar-refractivity contribution < 1.29 is 0 Å². The maximum absolute atomic E-state index is 12.2. The molecule has 3 rings (SSSR count). The van der Waals surface area contributed by atoms with Crippen molar-refractivity contribution in [2.24, 2.45) is 7.05 Å². The predicted octanol–water partition coefficient (Wildman–Crippen LogP) is 1.44. The van der Waals surface area contributed by atoms with Gasteiger partial charge in [0.2, 0.25) is 5.43 Å². The number of hydrogen-bond donors (Lipinski definition) is 0. The lowest BCUT2D eigenvalue weighted by molar-refractivity contribution is 0.727. The number of nitrogens with zero attached hydrogens (tertiary/aromatic N) is 4. The number of fused-ring (bicyclic) bond motifs is 2. The van der Waals surface area contributed by atoms with Crippen molar-refractivity contribution in [3.8, 4) is 0 Å². The van der Waals surface area contributed by atoms with Gasteiger partial charge in [-0.05, 0) is 18.6 Å². The highest BCUT2D eigenvalue weighted by atomic mass is 16.1. The van der Waals surface area contributed by atoms with Gasteiger partial charge in [0.05, 0.1) is 11.0 Å². The molecule has 0 spiro atoms. The van der Waals surface area contributed by atoms with E-state index in [-0.39, 0.29) is 5.43 Å². The Morgan fingerprint density at radius 3 is 2.50 bits per heavy atom. The minimum absolute atomic E-state index is 0.121. The van der Waals surface area contributed by atoms with Crippen LogP contribution in [0.1, 0.15) is 12.6 Å². The first-order valence-corrected chi connectivity index (χ1v) is 5.83. The lowest BCUT2D eigenvalue weighted by Crippen LogP contribution is -2.19. The van der Waals surface area contributed by atoms with Gasteiger partial charge in [-0.1, -0.05) is 19.1 Å². The molecule has 2 heterocycles. The molecule has 0 bridgehead atoms. The average molecular weight is 240 g/mol. The summed E-state index contributed by atoms with van der Waals surface area (Å²) >= 11 is 0. The summed E-state index contributed by atoms with van der Waals surface area (Å²) in [5.41, 5.74) is 2.82. The molecule has 0 N–H and O–H groups in total. The zero-order valence-electron chi connectivity index (χ0n) is 10.2. The molecule has 0 radical (unpaired) electrons. The minimum Gasteiger partial charge on any atom is -0.285 e. The predicted molar refractivity (Wildman–Crippen MR) is 69.5 cm³/mol. The third kappa shape index (κ3) is 1.48. The van der Waals surface area contributed by atoms with E-state index in [4.69, 9.17) is 0 Å². The normalized spacial score (nSPS) is 11.2. The Bertz CT molecular complexity index is 807. The van der Waals surface area contributed by atoms with Gasteiger partial charge in [0, 0.05) is 7.05 Å². The van der Waals surface area contributed by atoms with Gasteiger partial charge in [-0.15, -0.1) is 0 Å². The van der Waals surface area contributed by atoms with E-state index in [0.717, 1.165) is 11.0 Å². The van der Waals surface area contributed by atoms with E-state index in [1.165, 1.54) is 0 Å². The van der Waals surface area contributed by atoms with E-state index < -0.39 is 0 Å². The lowest BCUT2D eigenvalue weighted by atomic mass is 10.2. The molecule has 0 fully saturated rings. The second-order valence-electron chi connectivity index (χ2n) is 4.14. The van der Waals surface area contributed by atoms with Gasteiger partial charge in [0.15, 0.2) is 11.2 Å².